The van der Waals surface area contributed by atoms with Gasteiger partial charge in [-0.1, -0.05) is 0 Å². The first kappa shape index (κ1) is 12.6. The van der Waals surface area contributed by atoms with Gasteiger partial charge in [-0.05, 0) is 28.2 Å². The molecule has 0 aromatic carbocycles. The smallest absolute Gasteiger partial charge is 0.338 e. The molecule has 2 unspecified atom stereocenters. The molecule has 6 heteroatoms. The Labute approximate surface area is 99.6 Å². The molecule has 2 N–H and O–H groups in total. The molecule has 2 atom stereocenters. The molecular weight excluding hydrogens is 284 g/mol. The highest BCUT2D eigenvalue weighted by Gasteiger charge is 2.28. The molecule has 4 nitrogen and oxygen atoms in total. The summed E-state index contributed by atoms with van der Waals surface area (Å²) in [6.45, 7) is 1.81. The Bertz CT molecular complexity index is 339. The lowest BCUT2D eigenvalue weighted by molar-refractivity contribution is -0.159. The standard InChI is InChI=1S/C9H11BrO4S/c1-2-14-9(13)8(12)7(11)5-3-15-4-6(5)10/h3-4,7-8,11-12H,2H2,1H3. The summed E-state index contributed by atoms with van der Waals surface area (Å²) >= 11 is 4.58. The lowest BCUT2D eigenvalue weighted by Gasteiger charge is -2.15. The molecule has 15 heavy (non-hydrogen) atoms. The van der Waals surface area contributed by atoms with E-state index >= 15 is 0 Å². The van der Waals surface area contributed by atoms with Crippen LogP contribution in [0.15, 0.2) is 15.2 Å². The van der Waals surface area contributed by atoms with Crippen LogP contribution in [-0.4, -0.2) is 28.9 Å². The van der Waals surface area contributed by atoms with E-state index < -0.39 is 18.2 Å². The molecule has 0 spiro atoms. The Morgan fingerprint density at radius 3 is 2.73 bits per heavy atom. The maximum Gasteiger partial charge on any atom is 0.338 e. The zero-order valence-electron chi connectivity index (χ0n) is 8.01. The highest BCUT2D eigenvalue weighted by atomic mass is 79.9. The maximum atomic E-state index is 11.1. The number of rotatable bonds is 4. The zero-order valence-corrected chi connectivity index (χ0v) is 10.4. The Morgan fingerprint density at radius 2 is 2.27 bits per heavy atom. The maximum absolute atomic E-state index is 11.1. The van der Waals surface area contributed by atoms with Crippen molar-refractivity contribution in [2.24, 2.45) is 0 Å². The minimum Gasteiger partial charge on any atom is -0.464 e. The van der Waals surface area contributed by atoms with Gasteiger partial charge in [-0.2, -0.15) is 11.3 Å². The van der Waals surface area contributed by atoms with Gasteiger partial charge >= 0.3 is 5.97 Å². The van der Waals surface area contributed by atoms with E-state index in [2.05, 4.69) is 20.7 Å². The average Bonchev–Trinajstić information content (AvgIpc) is 2.62. The van der Waals surface area contributed by atoms with Crippen LogP contribution in [0.4, 0.5) is 0 Å². The van der Waals surface area contributed by atoms with E-state index in [4.69, 9.17) is 0 Å². The number of thiophene rings is 1. The fraction of sp³-hybridized carbons (Fsp3) is 0.444. The molecule has 0 amide bonds. The molecule has 0 saturated heterocycles. The molecule has 1 rings (SSSR count). The van der Waals surface area contributed by atoms with Gasteiger partial charge < -0.3 is 14.9 Å². The van der Waals surface area contributed by atoms with Gasteiger partial charge in [0.2, 0.25) is 0 Å². The molecular formula is C9H11BrO4S. The van der Waals surface area contributed by atoms with Crippen molar-refractivity contribution in [1.82, 2.24) is 0 Å². The van der Waals surface area contributed by atoms with Crippen LogP contribution in [0.5, 0.6) is 0 Å². The summed E-state index contributed by atoms with van der Waals surface area (Å²) in [7, 11) is 0. The summed E-state index contributed by atoms with van der Waals surface area (Å²) in [5, 5.41) is 22.6. The fourth-order valence-electron chi connectivity index (χ4n) is 1.03. The molecule has 1 aromatic heterocycles. The van der Waals surface area contributed by atoms with E-state index in [1.165, 1.54) is 11.3 Å². The molecule has 0 saturated carbocycles. The van der Waals surface area contributed by atoms with E-state index in [0.29, 0.717) is 10.0 Å². The van der Waals surface area contributed by atoms with E-state index in [0.717, 1.165) is 0 Å². The summed E-state index contributed by atoms with van der Waals surface area (Å²) in [6.07, 6.45) is -2.81. The number of esters is 1. The highest BCUT2D eigenvalue weighted by molar-refractivity contribution is 9.10. The monoisotopic (exact) mass is 294 g/mol. The van der Waals surface area contributed by atoms with Crippen LogP contribution in [0.1, 0.15) is 18.6 Å². The Balaban J connectivity index is 2.72. The normalized spacial score (nSPS) is 14.7. The van der Waals surface area contributed by atoms with Gasteiger partial charge in [-0.25, -0.2) is 4.79 Å². The third kappa shape index (κ3) is 3.01. The quantitative estimate of drug-likeness (QED) is 0.825. The molecule has 0 radical (unpaired) electrons. The van der Waals surface area contributed by atoms with Crippen molar-refractivity contribution < 1.29 is 19.7 Å². The first-order valence-corrected chi connectivity index (χ1v) is 6.05. The predicted molar refractivity (Wildman–Crippen MR) is 59.6 cm³/mol. The van der Waals surface area contributed by atoms with Gasteiger partial charge in [0.05, 0.1) is 6.61 Å². The SMILES string of the molecule is CCOC(=O)C(O)C(O)c1cscc1Br. The molecule has 0 aliphatic heterocycles. The lowest BCUT2D eigenvalue weighted by Crippen LogP contribution is -2.29. The van der Waals surface area contributed by atoms with Crippen LogP contribution in [0, 0.1) is 0 Å². The largest absolute Gasteiger partial charge is 0.464 e. The summed E-state index contributed by atoms with van der Waals surface area (Å²) < 4.78 is 5.27. The van der Waals surface area contributed by atoms with Gasteiger partial charge in [-0.3, -0.25) is 0 Å². The number of aliphatic hydroxyl groups is 2. The van der Waals surface area contributed by atoms with Crippen molar-refractivity contribution in [2.45, 2.75) is 19.1 Å². The second-order valence-electron chi connectivity index (χ2n) is 2.82. The Kier molecular flexibility index (Phi) is 4.72. The van der Waals surface area contributed by atoms with Gasteiger partial charge in [0.25, 0.3) is 0 Å². The lowest BCUT2D eigenvalue weighted by atomic mass is 10.1. The van der Waals surface area contributed by atoms with E-state index in [-0.39, 0.29) is 6.61 Å². The van der Waals surface area contributed by atoms with Gasteiger partial charge in [0, 0.05) is 15.4 Å². The number of ether oxygens (including phenoxy) is 1. The highest BCUT2D eigenvalue weighted by Crippen LogP contribution is 2.29. The Hall–Kier alpha value is -0.430. The first-order valence-electron chi connectivity index (χ1n) is 4.32. The molecule has 0 bridgehead atoms. The molecule has 0 fully saturated rings. The second kappa shape index (κ2) is 5.60. The van der Waals surface area contributed by atoms with Crippen LogP contribution in [-0.2, 0) is 9.53 Å². The minimum absolute atomic E-state index is 0.174. The second-order valence-corrected chi connectivity index (χ2v) is 4.41. The van der Waals surface area contributed by atoms with E-state index in [1.807, 2.05) is 0 Å². The topological polar surface area (TPSA) is 66.8 Å². The zero-order chi connectivity index (χ0) is 11.4. The molecule has 1 aromatic rings. The van der Waals surface area contributed by atoms with Crippen molar-refractivity contribution >= 4 is 33.2 Å². The van der Waals surface area contributed by atoms with Crippen molar-refractivity contribution in [2.75, 3.05) is 6.61 Å². The van der Waals surface area contributed by atoms with Gasteiger partial charge in [0.15, 0.2) is 6.10 Å². The van der Waals surface area contributed by atoms with Crippen molar-refractivity contribution in [3.05, 3.63) is 20.8 Å². The first-order chi connectivity index (χ1) is 7.07. The fourth-order valence-corrected chi connectivity index (χ4v) is 2.59. The molecule has 0 aliphatic carbocycles. The molecule has 84 valence electrons. The number of hydrogen-bond acceptors (Lipinski definition) is 5. The molecule has 1 heterocycles. The van der Waals surface area contributed by atoms with Gasteiger partial charge in [-0.15, -0.1) is 0 Å². The van der Waals surface area contributed by atoms with Crippen molar-refractivity contribution in [1.29, 1.82) is 0 Å². The third-order valence-corrected chi connectivity index (χ3v) is 3.54. The summed E-state index contributed by atoms with van der Waals surface area (Å²) in [5.41, 5.74) is 0.487. The van der Waals surface area contributed by atoms with Crippen LogP contribution in [0.2, 0.25) is 0 Å². The van der Waals surface area contributed by atoms with Crippen LogP contribution < -0.4 is 0 Å². The number of halogens is 1. The summed E-state index contributed by atoms with van der Waals surface area (Å²) in [6, 6.07) is 0. The Morgan fingerprint density at radius 1 is 1.60 bits per heavy atom. The third-order valence-electron chi connectivity index (χ3n) is 1.79. The van der Waals surface area contributed by atoms with E-state index in [1.54, 1.807) is 17.7 Å². The van der Waals surface area contributed by atoms with E-state index in [9.17, 15) is 15.0 Å². The average molecular weight is 295 g/mol. The summed E-state index contributed by atoms with van der Waals surface area (Å²) in [5.74, 6) is -0.817. The minimum atomic E-state index is -1.55. The van der Waals surface area contributed by atoms with Crippen molar-refractivity contribution in [3.8, 4) is 0 Å². The number of hydrogen-bond donors (Lipinski definition) is 2. The molecule has 0 aliphatic rings. The number of aliphatic hydroxyl groups excluding tert-OH is 2. The number of carbonyl (C=O) groups excluding carboxylic acids is 1. The van der Waals surface area contributed by atoms with Crippen LogP contribution in [0.25, 0.3) is 0 Å². The van der Waals surface area contributed by atoms with Gasteiger partial charge in [0.1, 0.15) is 6.10 Å². The number of carbonyl (C=O) groups is 1. The summed E-state index contributed by atoms with van der Waals surface area (Å²) in [4.78, 5) is 11.1. The van der Waals surface area contributed by atoms with Crippen LogP contribution in [0.3, 0.4) is 0 Å². The van der Waals surface area contributed by atoms with Crippen molar-refractivity contribution in [3.63, 3.8) is 0 Å². The predicted octanol–water partition coefficient (Wildman–Crippen LogP) is 1.47. The van der Waals surface area contributed by atoms with Crippen LogP contribution >= 0.6 is 27.3 Å².